The zero-order valence-corrected chi connectivity index (χ0v) is 12.3. The third-order valence-corrected chi connectivity index (χ3v) is 3.18. The van der Waals surface area contributed by atoms with Crippen LogP contribution in [0, 0.1) is 5.41 Å². The summed E-state index contributed by atoms with van der Waals surface area (Å²) in [5, 5.41) is 10.1. The van der Waals surface area contributed by atoms with Gasteiger partial charge >= 0.3 is 0 Å². The molecule has 0 heterocycles. The smallest absolute Gasteiger partial charge is 0.234 e. The highest BCUT2D eigenvalue weighted by atomic mass is 32.2. The molecule has 1 aromatic rings. The van der Waals surface area contributed by atoms with Crippen molar-refractivity contribution in [1.82, 2.24) is 0 Å². The number of nitrogens with one attached hydrogen (secondary N) is 2. The van der Waals surface area contributed by atoms with Crippen LogP contribution in [0.1, 0.15) is 25.3 Å². The van der Waals surface area contributed by atoms with E-state index in [1.807, 2.05) is 24.3 Å². The Balaban J connectivity index is 2.52. The number of carbonyl (C=O) groups is 1. The summed E-state index contributed by atoms with van der Waals surface area (Å²) in [6, 6.07) is 7.69. The number of nitrogens with two attached hydrogens (primary N) is 2. The Bertz CT molecular complexity index is 523. The van der Waals surface area contributed by atoms with Crippen molar-refractivity contribution in [2.24, 2.45) is 16.5 Å². The second-order valence-electron chi connectivity index (χ2n) is 4.46. The number of guanidine groups is 1. The van der Waals surface area contributed by atoms with Gasteiger partial charge in [-0.15, -0.1) is 0 Å². The van der Waals surface area contributed by atoms with Crippen LogP contribution < -0.4 is 16.8 Å². The number of nitrogens with zero attached hydrogens (tertiary/aromatic N) is 1. The largest absolute Gasteiger partial charge is 0.370 e. The summed E-state index contributed by atoms with van der Waals surface area (Å²) in [5.41, 5.74) is 12.2. The number of carbonyl (C=O) groups excluding carboxylic acids is 1. The predicted octanol–water partition coefficient (Wildman–Crippen LogP) is 1.69. The van der Waals surface area contributed by atoms with E-state index in [-0.39, 0.29) is 22.8 Å². The fourth-order valence-electron chi connectivity index (χ4n) is 1.46. The number of amides is 1. The van der Waals surface area contributed by atoms with Gasteiger partial charge in [0.15, 0.2) is 11.1 Å². The van der Waals surface area contributed by atoms with E-state index in [4.69, 9.17) is 16.9 Å². The molecule has 108 valence electrons. The first-order valence-electron chi connectivity index (χ1n) is 6.09. The van der Waals surface area contributed by atoms with Crippen molar-refractivity contribution in [3.05, 3.63) is 29.8 Å². The Labute approximate surface area is 122 Å². The van der Waals surface area contributed by atoms with Gasteiger partial charge in [-0.2, -0.15) is 4.99 Å². The molecule has 0 unspecified atom stereocenters. The quantitative estimate of drug-likeness (QED) is 0.499. The molecule has 0 bridgehead atoms. The molecule has 1 aromatic carbocycles. The van der Waals surface area contributed by atoms with Crippen molar-refractivity contribution < 1.29 is 4.79 Å². The molecule has 1 rings (SSSR count). The standard InChI is InChI=1S/C13H19N5OS/c1-8(2)9-4-3-5-10(6-9)17-11(19)7-20-13(16)18-12(14)15/h3-6,8H,7H2,1-2H3,(H,17,19)(H5,14,15,16,18). The van der Waals surface area contributed by atoms with E-state index < -0.39 is 0 Å². The summed E-state index contributed by atoms with van der Waals surface area (Å²) >= 11 is 0.966. The first-order chi connectivity index (χ1) is 9.38. The maximum atomic E-state index is 11.7. The van der Waals surface area contributed by atoms with E-state index in [0.29, 0.717) is 5.92 Å². The molecule has 6 N–H and O–H groups in total. The third kappa shape index (κ3) is 5.75. The molecular weight excluding hydrogens is 274 g/mol. The number of rotatable bonds is 4. The fourth-order valence-corrected chi connectivity index (χ4v) is 1.97. The van der Waals surface area contributed by atoms with Crippen LogP contribution in [0.3, 0.4) is 0 Å². The zero-order chi connectivity index (χ0) is 15.1. The Morgan fingerprint density at radius 2 is 2.15 bits per heavy atom. The Hall–Kier alpha value is -2.02. The summed E-state index contributed by atoms with van der Waals surface area (Å²) in [4.78, 5) is 15.3. The molecule has 0 aromatic heterocycles. The fraction of sp³-hybridized carbons (Fsp3) is 0.308. The normalized spacial score (nSPS) is 10.2. The molecule has 7 heteroatoms. The summed E-state index contributed by atoms with van der Waals surface area (Å²) in [5.74, 6) is 0.0943. The summed E-state index contributed by atoms with van der Waals surface area (Å²) in [7, 11) is 0. The number of amidine groups is 1. The topological polar surface area (TPSA) is 117 Å². The van der Waals surface area contributed by atoms with Crippen molar-refractivity contribution >= 4 is 34.5 Å². The molecule has 0 saturated heterocycles. The molecule has 6 nitrogen and oxygen atoms in total. The van der Waals surface area contributed by atoms with Crippen molar-refractivity contribution in [2.45, 2.75) is 19.8 Å². The van der Waals surface area contributed by atoms with E-state index in [9.17, 15) is 4.79 Å². The van der Waals surface area contributed by atoms with Crippen LogP contribution in [-0.4, -0.2) is 22.8 Å². The van der Waals surface area contributed by atoms with E-state index in [1.165, 1.54) is 0 Å². The number of thioether (sulfide) groups is 1. The SMILES string of the molecule is CC(C)c1cccc(NC(=O)CSC(=N)N=C(N)N)c1. The molecule has 0 aliphatic heterocycles. The Kier molecular flexibility index (Phi) is 6.05. The van der Waals surface area contributed by atoms with E-state index in [0.717, 1.165) is 23.0 Å². The molecule has 1 amide bonds. The molecule has 0 spiro atoms. The van der Waals surface area contributed by atoms with Crippen LogP contribution in [0.15, 0.2) is 29.3 Å². The summed E-state index contributed by atoms with van der Waals surface area (Å²) in [6.07, 6.45) is 0. The lowest BCUT2D eigenvalue weighted by Crippen LogP contribution is -2.24. The van der Waals surface area contributed by atoms with Gasteiger partial charge in [0.25, 0.3) is 0 Å². The number of benzene rings is 1. The van der Waals surface area contributed by atoms with Gasteiger partial charge in [-0.05, 0) is 23.6 Å². The van der Waals surface area contributed by atoms with Gasteiger partial charge in [-0.3, -0.25) is 10.2 Å². The highest BCUT2D eigenvalue weighted by molar-refractivity contribution is 8.14. The van der Waals surface area contributed by atoms with Gasteiger partial charge in [0, 0.05) is 5.69 Å². The van der Waals surface area contributed by atoms with Gasteiger partial charge in [-0.25, -0.2) is 0 Å². The highest BCUT2D eigenvalue weighted by Gasteiger charge is 2.06. The molecule has 0 fully saturated rings. The lowest BCUT2D eigenvalue weighted by atomic mass is 10.0. The third-order valence-electron chi connectivity index (χ3n) is 2.41. The van der Waals surface area contributed by atoms with Crippen LogP contribution in [0.5, 0.6) is 0 Å². The highest BCUT2D eigenvalue weighted by Crippen LogP contribution is 2.18. The number of hydrogen-bond acceptors (Lipinski definition) is 3. The minimum atomic E-state index is -0.202. The number of anilines is 1. The molecule has 0 saturated carbocycles. The van der Waals surface area contributed by atoms with Crippen molar-refractivity contribution in [3.63, 3.8) is 0 Å². The molecule has 0 aliphatic carbocycles. The van der Waals surface area contributed by atoms with E-state index in [1.54, 1.807) is 0 Å². The van der Waals surface area contributed by atoms with Gasteiger partial charge in [-0.1, -0.05) is 37.7 Å². The average Bonchev–Trinajstić information content (AvgIpc) is 2.36. The van der Waals surface area contributed by atoms with Crippen LogP contribution >= 0.6 is 11.8 Å². The molecule has 20 heavy (non-hydrogen) atoms. The lowest BCUT2D eigenvalue weighted by molar-refractivity contribution is -0.113. The predicted molar refractivity (Wildman–Crippen MR) is 85.2 cm³/mol. The van der Waals surface area contributed by atoms with Gasteiger partial charge in [0.1, 0.15) is 0 Å². The molecule has 0 aliphatic rings. The first-order valence-corrected chi connectivity index (χ1v) is 7.08. The average molecular weight is 293 g/mol. The summed E-state index contributed by atoms with van der Waals surface area (Å²) < 4.78 is 0. The van der Waals surface area contributed by atoms with E-state index in [2.05, 4.69) is 24.2 Å². The number of aliphatic imine (C=N–C) groups is 1. The van der Waals surface area contributed by atoms with Crippen molar-refractivity contribution in [3.8, 4) is 0 Å². The molecule has 0 radical (unpaired) electrons. The Morgan fingerprint density at radius 3 is 2.75 bits per heavy atom. The molecular formula is C13H19N5OS. The molecule has 0 atom stereocenters. The maximum Gasteiger partial charge on any atom is 0.234 e. The van der Waals surface area contributed by atoms with Crippen LogP contribution in [0.25, 0.3) is 0 Å². The van der Waals surface area contributed by atoms with Crippen LogP contribution in [0.4, 0.5) is 5.69 Å². The van der Waals surface area contributed by atoms with Crippen LogP contribution in [0.2, 0.25) is 0 Å². The monoisotopic (exact) mass is 293 g/mol. The van der Waals surface area contributed by atoms with Crippen molar-refractivity contribution in [2.75, 3.05) is 11.1 Å². The van der Waals surface area contributed by atoms with Gasteiger partial charge in [0.05, 0.1) is 5.75 Å². The zero-order valence-electron chi connectivity index (χ0n) is 11.5. The van der Waals surface area contributed by atoms with Gasteiger partial charge in [0.2, 0.25) is 5.91 Å². The van der Waals surface area contributed by atoms with E-state index >= 15 is 0 Å². The minimum absolute atomic E-state index is 0.0848. The second kappa shape index (κ2) is 7.54. The first kappa shape index (κ1) is 16.0. The minimum Gasteiger partial charge on any atom is -0.370 e. The maximum absolute atomic E-state index is 11.7. The lowest BCUT2D eigenvalue weighted by Gasteiger charge is -2.09. The van der Waals surface area contributed by atoms with Crippen molar-refractivity contribution in [1.29, 1.82) is 5.41 Å². The van der Waals surface area contributed by atoms with Gasteiger partial charge < -0.3 is 16.8 Å². The number of hydrogen-bond donors (Lipinski definition) is 4. The second-order valence-corrected chi connectivity index (χ2v) is 5.42. The Morgan fingerprint density at radius 1 is 1.45 bits per heavy atom. The summed E-state index contributed by atoms with van der Waals surface area (Å²) in [6.45, 7) is 4.18. The van der Waals surface area contributed by atoms with Crippen LogP contribution in [-0.2, 0) is 4.79 Å².